The van der Waals surface area contributed by atoms with Gasteiger partial charge >= 0.3 is 0 Å². The zero-order valence-electron chi connectivity index (χ0n) is 20.4. The first-order valence-corrected chi connectivity index (χ1v) is 12.8. The molecule has 0 fully saturated rings. The second-order valence-electron chi connectivity index (χ2n) is 8.49. The molecule has 38 heavy (non-hydrogen) atoms. The molecule has 0 spiro atoms. The summed E-state index contributed by atoms with van der Waals surface area (Å²) in [5, 5.41) is 23.5. The van der Waals surface area contributed by atoms with Gasteiger partial charge in [-0.3, -0.25) is 19.5 Å². The minimum Gasteiger partial charge on any atom is -0.467 e. The third-order valence-corrected chi connectivity index (χ3v) is 6.83. The molecule has 0 atom stereocenters. The Bertz CT molecular complexity index is 1580. The highest BCUT2D eigenvalue weighted by atomic mass is 32.2. The van der Waals surface area contributed by atoms with Gasteiger partial charge in [0.15, 0.2) is 11.0 Å². The Balaban J connectivity index is 1.43. The van der Waals surface area contributed by atoms with Crippen molar-refractivity contribution in [3.05, 3.63) is 124 Å². The highest BCUT2D eigenvalue weighted by molar-refractivity contribution is 7.98. The van der Waals surface area contributed by atoms with Gasteiger partial charge in [-0.2, -0.15) is 0 Å². The lowest BCUT2D eigenvalue weighted by Crippen LogP contribution is -2.23. The van der Waals surface area contributed by atoms with Crippen LogP contribution in [0.1, 0.15) is 27.2 Å². The fourth-order valence-electron chi connectivity index (χ4n) is 3.97. The summed E-state index contributed by atoms with van der Waals surface area (Å²) < 4.78 is 7.23. The van der Waals surface area contributed by atoms with E-state index in [4.69, 9.17) is 4.42 Å². The third-order valence-electron chi connectivity index (χ3n) is 5.85. The molecule has 0 radical (unpaired) electrons. The highest BCUT2D eigenvalue weighted by Gasteiger charge is 2.19. The largest absolute Gasteiger partial charge is 0.467 e. The summed E-state index contributed by atoms with van der Waals surface area (Å²) in [7, 11) is 0. The number of benzene rings is 3. The van der Waals surface area contributed by atoms with Crippen molar-refractivity contribution >= 4 is 23.4 Å². The van der Waals surface area contributed by atoms with Gasteiger partial charge in [0.1, 0.15) is 5.76 Å². The Hall–Kier alpha value is -4.70. The quantitative estimate of drug-likeness (QED) is 0.143. The van der Waals surface area contributed by atoms with Crippen LogP contribution >= 0.6 is 11.8 Å². The van der Waals surface area contributed by atoms with Crippen molar-refractivity contribution in [2.75, 3.05) is 0 Å². The van der Waals surface area contributed by atoms with Crippen molar-refractivity contribution in [1.82, 2.24) is 20.1 Å². The van der Waals surface area contributed by atoms with Gasteiger partial charge in [0.05, 0.1) is 17.7 Å². The maximum atomic E-state index is 12.9. The number of aryl methyl sites for hydroxylation is 1. The van der Waals surface area contributed by atoms with E-state index >= 15 is 0 Å². The van der Waals surface area contributed by atoms with E-state index in [1.54, 1.807) is 30.5 Å². The predicted molar refractivity (Wildman–Crippen MR) is 144 cm³/mol. The summed E-state index contributed by atoms with van der Waals surface area (Å²) in [4.78, 5) is 23.6. The predicted octanol–water partition coefficient (Wildman–Crippen LogP) is 5.97. The summed E-state index contributed by atoms with van der Waals surface area (Å²) in [6.07, 6.45) is 1.57. The number of furan rings is 1. The van der Waals surface area contributed by atoms with Gasteiger partial charge in [-0.1, -0.05) is 42.1 Å². The number of hydrogen-bond acceptors (Lipinski definition) is 7. The number of aromatic nitrogens is 3. The number of rotatable bonds is 9. The molecule has 190 valence electrons. The van der Waals surface area contributed by atoms with Gasteiger partial charge in [-0.25, -0.2) is 0 Å². The number of amides is 1. The minimum absolute atomic E-state index is 0.00639. The second-order valence-corrected chi connectivity index (χ2v) is 9.43. The molecule has 5 aromatic rings. The Morgan fingerprint density at radius 3 is 2.58 bits per heavy atom. The normalized spacial score (nSPS) is 10.9. The van der Waals surface area contributed by atoms with Crippen molar-refractivity contribution in [2.24, 2.45) is 0 Å². The number of carbonyl (C=O) groups excluding carboxylic acids is 1. The first kappa shape index (κ1) is 25.0. The number of hydrogen-bond donors (Lipinski definition) is 1. The van der Waals surface area contributed by atoms with Gasteiger partial charge in [-0.15, -0.1) is 10.2 Å². The van der Waals surface area contributed by atoms with Crippen LogP contribution in [0, 0.1) is 17.0 Å². The molecule has 0 aliphatic rings. The van der Waals surface area contributed by atoms with Crippen LogP contribution in [0.3, 0.4) is 0 Å². The summed E-state index contributed by atoms with van der Waals surface area (Å²) in [6, 6.07) is 25.2. The monoisotopic (exact) mass is 525 g/mol. The molecular weight excluding hydrogens is 502 g/mol. The molecular formula is C28H23N5O4S. The van der Waals surface area contributed by atoms with E-state index in [-0.39, 0.29) is 11.6 Å². The zero-order valence-corrected chi connectivity index (χ0v) is 21.2. The van der Waals surface area contributed by atoms with Crippen molar-refractivity contribution in [3.63, 3.8) is 0 Å². The van der Waals surface area contributed by atoms with E-state index in [2.05, 4.69) is 15.5 Å². The molecule has 1 N–H and O–H groups in total. The van der Waals surface area contributed by atoms with E-state index in [0.29, 0.717) is 40.2 Å². The topological polar surface area (TPSA) is 116 Å². The van der Waals surface area contributed by atoms with Crippen molar-refractivity contribution < 1.29 is 14.1 Å². The molecule has 10 heteroatoms. The van der Waals surface area contributed by atoms with Crippen LogP contribution < -0.4 is 5.32 Å². The zero-order chi connectivity index (χ0) is 26.5. The van der Waals surface area contributed by atoms with E-state index in [1.165, 1.54) is 23.9 Å². The summed E-state index contributed by atoms with van der Waals surface area (Å²) in [6.45, 7) is 2.30. The maximum Gasteiger partial charge on any atom is 0.269 e. The Morgan fingerprint density at radius 2 is 1.84 bits per heavy atom. The van der Waals surface area contributed by atoms with Crippen LogP contribution in [0.5, 0.6) is 0 Å². The smallest absolute Gasteiger partial charge is 0.269 e. The minimum atomic E-state index is -0.432. The maximum absolute atomic E-state index is 12.9. The Kier molecular flexibility index (Phi) is 7.32. The van der Waals surface area contributed by atoms with Gasteiger partial charge in [0.25, 0.3) is 11.6 Å². The van der Waals surface area contributed by atoms with Crippen LogP contribution in [-0.2, 0) is 12.3 Å². The van der Waals surface area contributed by atoms with Gasteiger partial charge in [0.2, 0.25) is 0 Å². The fraction of sp³-hybridized carbons (Fsp3) is 0.107. The Morgan fingerprint density at radius 1 is 1.03 bits per heavy atom. The van der Waals surface area contributed by atoms with Gasteiger partial charge in [0, 0.05) is 34.7 Å². The van der Waals surface area contributed by atoms with Crippen LogP contribution in [0.4, 0.5) is 5.69 Å². The standard InChI is InChI=1S/C28H23N5O4S/c1-19-6-4-8-23(16-19)32-26(20-11-13-22(14-12-20)33(35)36)30-31-28(32)38-18-21-7-2-3-10-25(21)27(34)29-17-24-9-5-15-37-24/h2-16H,17-18H2,1H3,(H,29,34). The average Bonchev–Trinajstić information content (AvgIpc) is 3.61. The number of non-ortho nitro benzene ring substituents is 1. The van der Waals surface area contributed by atoms with Crippen molar-refractivity contribution in [1.29, 1.82) is 0 Å². The molecule has 0 unspecified atom stereocenters. The number of nitrogens with zero attached hydrogens (tertiary/aromatic N) is 4. The van der Waals surface area contributed by atoms with Gasteiger partial charge in [-0.05, 0) is 60.5 Å². The molecule has 0 saturated carbocycles. The molecule has 2 heterocycles. The first-order valence-electron chi connectivity index (χ1n) is 11.8. The number of thioether (sulfide) groups is 1. The number of carbonyl (C=O) groups is 1. The van der Waals surface area contributed by atoms with Gasteiger partial charge < -0.3 is 9.73 Å². The molecule has 0 saturated heterocycles. The molecule has 1 amide bonds. The molecule has 3 aromatic carbocycles. The molecule has 9 nitrogen and oxygen atoms in total. The van der Waals surface area contributed by atoms with E-state index in [1.807, 2.05) is 60.0 Å². The van der Waals surface area contributed by atoms with Crippen LogP contribution in [-0.4, -0.2) is 25.6 Å². The fourth-order valence-corrected chi connectivity index (χ4v) is 4.92. The van der Waals surface area contributed by atoms with E-state index in [0.717, 1.165) is 16.8 Å². The summed E-state index contributed by atoms with van der Waals surface area (Å²) in [5.74, 6) is 1.53. The lowest BCUT2D eigenvalue weighted by atomic mass is 10.1. The third kappa shape index (κ3) is 5.50. The summed E-state index contributed by atoms with van der Waals surface area (Å²) in [5.41, 5.74) is 4.07. The first-order chi connectivity index (χ1) is 18.5. The van der Waals surface area contributed by atoms with E-state index in [9.17, 15) is 14.9 Å². The SMILES string of the molecule is Cc1cccc(-n2c(SCc3ccccc3C(=O)NCc3ccco3)nnc2-c2ccc([N+](=O)[O-])cc2)c1. The average molecular weight is 526 g/mol. The van der Waals surface area contributed by atoms with Crippen LogP contribution in [0.15, 0.2) is 101 Å². The van der Waals surface area contributed by atoms with Crippen molar-refractivity contribution in [2.45, 2.75) is 24.4 Å². The second kappa shape index (κ2) is 11.1. The van der Waals surface area contributed by atoms with Crippen LogP contribution in [0.2, 0.25) is 0 Å². The van der Waals surface area contributed by atoms with Crippen LogP contribution in [0.25, 0.3) is 17.1 Å². The highest BCUT2D eigenvalue weighted by Crippen LogP contribution is 2.31. The molecule has 2 aromatic heterocycles. The lowest BCUT2D eigenvalue weighted by Gasteiger charge is -2.12. The van der Waals surface area contributed by atoms with Crippen molar-refractivity contribution in [3.8, 4) is 17.1 Å². The number of nitrogens with one attached hydrogen (secondary N) is 1. The molecule has 0 aliphatic heterocycles. The molecule has 5 rings (SSSR count). The number of nitro groups is 1. The summed E-state index contributed by atoms with van der Waals surface area (Å²) >= 11 is 1.45. The molecule has 0 bridgehead atoms. The molecule has 0 aliphatic carbocycles. The lowest BCUT2D eigenvalue weighted by molar-refractivity contribution is -0.384. The Labute approximate surface area is 222 Å². The van der Waals surface area contributed by atoms with E-state index < -0.39 is 4.92 Å². The number of nitro benzene ring substituents is 1.